The molecule has 2 aromatic rings. The first-order valence-corrected chi connectivity index (χ1v) is 8.05. The Kier molecular flexibility index (Phi) is 3.26. The average Bonchev–Trinajstić information content (AvgIpc) is 3.09. The monoisotopic (exact) mass is 307 g/mol. The van der Waals surface area contributed by atoms with Crippen LogP contribution in [-0.4, -0.2) is 19.4 Å². The van der Waals surface area contributed by atoms with Crippen LogP contribution in [0, 0.1) is 0 Å². The molecule has 1 aliphatic carbocycles. The summed E-state index contributed by atoms with van der Waals surface area (Å²) in [7, 11) is 0. The molecule has 0 atom stereocenters. The Labute approximate surface area is 135 Å². The number of hydrogen-bond acceptors (Lipinski definition) is 3. The zero-order chi connectivity index (χ0) is 15.1. The summed E-state index contributed by atoms with van der Waals surface area (Å²) in [5.41, 5.74) is 5.82. The van der Waals surface area contributed by atoms with Gasteiger partial charge < -0.3 is 4.57 Å². The van der Waals surface area contributed by atoms with Gasteiger partial charge in [0.1, 0.15) is 5.82 Å². The van der Waals surface area contributed by atoms with Gasteiger partial charge in [0.05, 0.1) is 11.4 Å². The summed E-state index contributed by atoms with van der Waals surface area (Å²) in [6, 6.07) is 4.05. The molecular formula is C18H17N3S. The highest BCUT2D eigenvalue weighted by molar-refractivity contribution is 7.81. The molecule has 1 aliphatic heterocycles. The molecule has 4 heteroatoms. The number of rotatable bonds is 2. The smallest absolute Gasteiger partial charge is 0.109 e. The number of fused-ring (bicyclic) bond motifs is 1. The number of nitrogens with zero attached hydrogens (tertiary/aromatic N) is 3. The van der Waals surface area contributed by atoms with E-state index in [1.54, 1.807) is 0 Å². The van der Waals surface area contributed by atoms with Crippen molar-refractivity contribution in [1.29, 1.82) is 0 Å². The molecule has 0 amide bonds. The van der Waals surface area contributed by atoms with Gasteiger partial charge in [-0.1, -0.05) is 29.9 Å². The molecule has 0 spiro atoms. The number of pyridine rings is 1. The Bertz CT molecular complexity index is 812. The van der Waals surface area contributed by atoms with Crippen LogP contribution in [0.5, 0.6) is 0 Å². The van der Waals surface area contributed by atoms with Crippen molar-refractivity contribution in [2.45, 2.75) is 32.7 Å². The molecule has 4 rings (SSSR count). The van der Waals surface area contributed by atoms with Gasteiger partial charge in [-0.2, -0.15) is 0 Å². The first-order valence-electron chi connectivity index (χ1n) is 7.65. The maximum Gasteiger partial charge on any atom is 0.109 e. The standard InChI is InChI=1S/C18H17N3S/c1-12-4-5-14(15(22)11-12)18-17(13-6-8-19-9-7-13)20-16-3-2-10-21(16)18/h4-9H,2-3,10-11H2,1H3. The molecular weight excluding hydrogens is 290 g/mol. The summed E-state index contributed by atoms with van der Waals surface area (Å²) in [6.45, 7) is 3.16. The summed E-state index contributed by atoms with van der Waals surface area (Å²) >= 11 is 5.67. The minimum absolute atomic E-state index is 0.872. The fourth-order valence-corrected chi connectivity index (χ4v) is 3.64. The first kappa shape index (κ1) is 13.6. The Morgan fingerprint density at radius 2 is 2.00 bits per heavy atom. The third kappa shape index (κ3) is 2.15. The van der Waals surface area contributed by atoms with Crippen LogP contribution in [0.25, 0.3) is 16.8 Å². The number of allylic oxidation sites excluding steroid dienone is 4. The molecule has 0 fully saturated rings. The first-order chi connectivity index (χ1) is 10.7. The van der Waals surface area contributed by atoms with E-state index in [1.807, 2.05) is 24.5 Å². The molecule has 0 N–H and O–H groups in total. The molecule has 0 bridgehead atoms. The number of aromatic nitrogens is 3. The van der Waals surface area contributed by atoms with Gasteiger partial charge in [0.25, 0.3) is 0 Å². The normalized spacial score (nSPS) is 17.2. The van der Waals surface area contributed by atoms with E-state index >= 15 is 0 Å². The van der Waals surface area contributed by atoms with E-state index < -0.39 is 0 Å². The molecule has 3 nitrogen and oxygen atoms in total. The second-order valence-electron chi connectivity index (χ2n) is 5.91. The molecule has 3 heterocycles. The second kappa shape index (κ2) is 5.29. The minimum Gasteiger partial charge on any atom is -0.327 e. The van der Waals surface area contributed by atoms with Crippen LogP contribution >= 0.6 is 12.2 Å². The van der Waals surface area contributed by atoms with Gasteiger partial charge in [0.2, 0.25) is 0 Å². The van der Waals surface area contributed by atoms with Crippen molar-refractivity contribution in [2.24, 2.45) is 0 Å². The van der Waals surface area contributed by atoms with Crippen LogP contribution in [0.4, 0.5) is 0 Å². The van der Waals surface area contributed by atoms with E-state index in [4.69, 9.17) is 17.2 Å². The van der Waals surface area contributed by atoms with E-state index in [2.05, 4.69) is 28.6 Å². The van der Waals surface area contributed by atoms with E-state index in [0.29, 0.717) is 0 Å². The summed E-state index contributed by atoms with van der Waals surface area (Å²) in [5.74, 6) is 1.18. The summed E-state index contributed by atoms with van der Waals surface area (Å²) in [6.07, 6.45) is 11.1. The maximum atomic E-state index is 5.67. The molecule has 22 heavy (non-hydrogen) atoms. The second-order valence-corrected chi connectivity index (χ2v) is 6.40. The highest BCUT2D eigenvalue weighted by Gasteiger charge is 2.26. The third-order valence-electron chi connectivity index (χ3n) is 4.31. The van der Waals surface area contributed by atoms with Crippen LogP contribution in [0.15, 0.2) is 42.3 Å². The summed E-state index contributed by atoms with van der Waals surface area (Å²) in [4.78, 5) is 10.0. The highest BCUT2D eigenvalue weighted by atomic mass is 32.1. The lowest BCUT2D eigenvalue weighted by atomic mass is 9.94. The fourth-order valence-electron chi connectivity index (χ4n) is 3.25. The zero-order valence-corrected chi connectivity index (χ0v) is 13.4. The summed E-state index contributed by atoms with van der Waals surface area (Å²) in [5, 5.41) is 0. The Morgan fingerprint density at radius 1 is 1.18 bits per heavy atom. The van der Waals surface area contributed by atoms with Crippen LogP contribution in [0.2, 0.25) is 0 Å². The molecule has 2 aliphatic rings. The molecule has 0 saturated carbocycles. The van der Waals surface area contributed by atoms with Crippen molar-refractivity contribution in [2.75, 3.05) is 0 Å². The van der Waals surface area contributed by atoms with Gasteiger partial charge in [0.15, 0.2) is 0 Å². The van der Waals surface area contributed by atoms with Crippen molar-refractivity contribution in [3.05, 3.63) is 53.8 Å². The predicted molar refractivity (Wildman–Crippen MR) is 92.7 cm³/mol. The highest BCUT2D eigenvalue weighted by Crippen LogP contribution is 2.35. The number of aryl methyl sites for hydroxylation is 1. The van der Waals surface area contributed by atoms with Gasteiger partial charge in [-0.25, -0.2) is 4.98 Å². The SMILES string of the molecule is CC1=CC=C(c2c(-c3ccncc3)nc3n2CCC3)C(=S)C1. The Morgan fingerprint density at radius 3 is 2.77 bits per heavy atom. The maximum absolute atomic E-state index is 5.67. The quantitative estimate of drug-likeness (QED) is 0.786. The predicted octanol–water partition coefficient (Wildman–Crippen LogP) is 3.99. The van der Waals surface area contributed by atoms with Crippen LogP contribution in [0.3, 0.4) is 0 Å². The average molecular weight is 307 g/mol. The van der Waals surface area contributed by atoms with Gasteiger partial charge in [-0.3, -0.25) is 4.98 Å². The van der Waals surface area contributed by atoms with Gasteiger partial charge in [-0.05, 0) is 25.5 Å². The van der Waals surface area contributed by atoms with Crippen molar-refractivity contribution in [1.82, 2.24) is 14.5 Å². The van der Waals surface area contributed by atoms with E-state index in [0.717, 1.165) is 41.1 Å². The largest absolute Gasteiger partial charge is 0.327 e. The lowest BCUT2D eigenvalue weighted by Gasteiger charge is -2.16. The van der Waals surface area contributed by atoms with Crippen LogP contribution < -0.4 is 0 Å². The molecule has 0 aromatic carbocycles. The number of thiocarbonyl (C=S) groups is 1. The number of hydrogen-bond donors (Lipinski definition) is 0. The molecule has 0 radical (unpaired) electrons. The van der Waals surface area contributed by atoms with Gasteiger partial charge >= 0.3 is 0 Å². The molecule has 0 unspecified atom stereocenters. The molecule has 2 aromatic heterocycles. The van der Waals surface area contributed by atoms with Crippen LogP contribution in [-0.2, 0) is 13.0 Å². The van der Waals surface area contributed by atoms with E-state index in [9.17, 15) is 0 Å². The summed E-state index contributed by atoms with van der Waals surface area (Å²) < 4.78 is 2.35. The minimum atomic E-state index is 0.872. The van der Waals surface area contributed by atoms with E-state index in [-0.39, 0.29) is 0 Å². The number of imidazole rings is 1. The molecule has 0 saturated heterocycles. The Balaban J connectivity index is 1.93. The topological polar surface area (TPSA) is 30.7 Å². The van der Waals surface area contributed by atoms with Crippen molar-refractivity contribution >= 4 is 22.7 Å². The lowest BCUT2D eigenvalue weighted by Crippen LogP contribution is -2.09. The third-order valence-corrected chi connectivity index (χ3v) is 4.68. The molecule has 110 valence electrons. The van der Waals surface area contributed by atoms with Crippen molar-refractivity contribution in [3.63, 3.8) is 0 Å². The zero-order valence-electron chi connectivity index (χ0n) is 12.5. The van der Waals surface area contributed by atoms with Gasteiger partial charge in [-0.15, -0.1) is 0 Å². The van der Waals surface area contributed by atoms with Crippen LogP contribution in [0.1, 0.15) is 31.3 Å². The Hall–Kier alpha value is -2.07. The van der Waals surface area contributed by atoms with Gasteiger partial charge in [0, 0.05) is 47.8 Å². The lowest BCUT2D eigenvalue weighted by molar-refractivity contribution is 0.743. The van der Waals surface area contributed by atoms with Crippen molar-refractivity contribution < 1.29 is 0 Å². The fraction of sp³-hybridized carbons (Fsp3) is 0.278. The van der Waals surface area contributed by atoms with E-state index in [1.165, 1.54) is 23.5 Å². The van der Waals surface area contributed by atoms with Crippen molar-refractivity contribution in [3.8, 4) is 11.3 Å².